The molecule has 3 nitrogen and oxygen atoms in total. The molecule has 3 aromatic rings. The summed E-state index contributed by atoms with van der Waals surface area (Å²) < 4.78 is 25.9. The second-order valence-electron chi connectivity index (χ2n) is 4.35. The molecule has 2 aromatic carbocycles. The quantitative estimate of drug-likeness (QED) is 0.632. The zero-order valence-corrected chi connectivity index (χ0v) is 12.6. The highest BCUT2D eigenvalue weighted by molar-refractivity contribution is 7.72. The normalized spacial score (nSPS) is 10.8. The Morgan fingerprint density at radius 1 is 1.10 bits per heavy atom. The second kappa shape index (κ2) is 5.38. The van der Waals surface area contributed by atoms with Crippen molar-refractivity contribution < 1.29 is 13.5 Å². The smallest absolute Gasteiger partial charge is 0.274 e. The fourth-order valence-corrected chi connectivity index (χ4v) is 2.75. The lowest BCUT2D eigenvalue weighted by atomic mass is 10.2. The molecule has 106 valence electrons. The lowest BCUT2D eigenvalue weighted by Gasteiger charge is -2.09. The summed E-state index contributed by atoms with van der Waals surface area (Å²) in [5.41, 5.74) is 1.22. The molecule has 0 saturated carbocycles. The predicted octanol–water partition coefficient (Wildman–Crippen LogP) is 4.83. The predicted molar refractivity (Wildman–Crippen MR) is 83.7 cm³/mol. The maximum absolute atomic E-state index is 13.0. The van der Waals surface area contributed by atoms with Crippen LogP contribution in [0.15, 0.2) is 46.9 Å². The molecule has 6 heteroatoms. The number of nitrogens with zero attached hydrogens (tertiary/aromatic N) is 1. The summed E-state index contributed by atoms with van der Waals surface area (Å²) in [7, 11) is 1.58. The molecule has 0 unspecified atom stereocenters. The maximum atomic E-state index is 13.0. The van der Waals surface area contributed by atoms with Gasteiger partial charge >= 0.3 is 0 Å². The summed E-state index contributed by atoms with van der Waals surface area (Å²) in [6.07, 6.45) is 0. The van der Waals surface area contributed by atoms with E-state index in [0.29, 0.717) is 21.7 Å². The number of methoxy groups -OCH3 is 1. The first-order chi connectivity index (χ1) is 10.1. The van der Waals surface area contributed by atoms with E-state index in [1.54, 1.807) is 35.9 Å². The van der Waals surface area contributed by atoms with Crippen molar-refractivity contribution in [1.29, 1.82) is 0 Å². The number of rotatable bonds is 2. The van der Waals surface area contributed by atoms with E-state index in [1.165, 1.54) is 12.1 Å². The molecule has 0 bridgehead atoms. The molecule has 1 aromatic heterocycles. The van der Waals surface area contributed by atoms with Crippen LogP contribution in [0, 0.1) is 15.3 Å². The van der Waals surface area contributed by atoms with Gasteiger partial charge in [-0.05, 0) is 48.6 Å². The largest absolute Gasteiger partial charge is 0.497 e. The van der Waals surface area contributed by atoms with Crippen LogP contribution in [0.25, 0.3) is 16.7 Å². The van der Waals surface area contributed by atoms with E-state index >= 15 is 0 Å². The minimum absolute atomic E-state index is 0.201. The number of fused-ring (bicyclic) bond motifs is 1. The third-order valence-corrected chi connectivity index (χ3v) is 3.76. The molecule has 0 amide bonds. The van der Waals surface area contributed by atoms with Gasteiger partial charge in [-0.3, -0.25) is 4.57 Å². The fraction of sp³-hybridized carbons (Fsp3) is 0.0667. The molecule has 0 aliphatic heterocycles. The van der Waals surface area contributed by atoms with Gasteiger partial charge in [0.1, 0.15) is 21.8 Å². The standard InChI is InChI=1S/C15H10FNO2S2/c1-18-11-6-7-12-13(8-11)19-15(21)17(14(12)20)10-4-2-9(16)3-5-10/h2-8H,1H3. The summed E-state index contributed by atoms with van der Waals surface area (Å²) in [5.74, 6) is 0.341. The van der Waals surface area contributed by atoms with E-state index in [9.17, 15) is 4.39 Å². The number of halogens is 1. The minimum Gasteiger partial charge on any atom is -0.497 e. The van der Waals surface area contributed by atoms with Crippen molar-refractivity contribution in [2.45, 2.75) is 0 Å². The van der Waals surface area contributed by atoms with Crippen molar-refractivity contribution in [3.05, 3.63) is 57.8 Å². The van der Waals surface area contributed by atoms with Gasteiger partial charge in [-0.1, -0.05) is 12.2 Å². The van der Waals surface area contributed by atoms with E-state index in [0.717, 1.165) is 5.39 Å². The van der Waals surface area contributed by atoms with Crippen LogP contribution >= 0.6 is 24.4 Å². The van der Waals surface area contributed by atoms with Crippen molar-refractivity contribution in [1.82, 2.24) is 4.57 Å². The Labute approximate surface area is 130 Å². The third kappa shape index (κ3) is 2.48. The number of ether oxygens (including phenoxy) is 1. The van der Waals surface area contributed by atoms with Crippen LogP contribution in [0.1, 0.15) is 0 Å². The first kappa shape index (κ1) is 13.9. The molecule has 0 fully saturated rings. The average Bonchev–Trinajstić information content (AvgIpc) is 2.48. The molecule has 0 saturated heterocycles. The summed E-state index contributed by atoms with van der Waals surface area (Å²) in [5, 5.41) is 0.740. The second-order valence-corrected chi connectivity index (χ2v) is 5.08. The molecular weight excluding hydrogens is 309 g/mol. The van der Waals surface area contributed by atoms with Crippen molar-refractivity contribution in [3.63, 3.8) is 0 Å². The minimum atomic E-state index is -0.321. The van der Waals surface area contributed by atoms with Crippen LogP contribution in [-0.2, 0) is 0 Å². The zero-order chi connectivity index (χ0) is 15.0. The van der Waals surface area contributed by atoms with Gasteiger partial charge in [0.15, 0.2) is 0 Å². The highest BCUT2D eigenvalue weighted by Crippen LogP contribution is 2.24. The van der Waals surface area contributed by atoms with Crippen molar-refractivity contribution in [2.24, 2.45) is 0 Å². The Morgan fingerprint density at radius 3 is 2.48 bits per heavy atom. The first-order valence-electron chi connectivity index (χ1n) is 6.10. The number of hydrogen-bond donors (Lipinski definition) is 0. The summed E-state index contributed by atoms with van der Waals surface area (Å²) in [4.78, 5) is 0.201. The first-order valence-corrected chi connectivity index (χ1v) is 6.91. The topological polar surface area (TPSA) is 27.3 Å². The molecule has 3 rings (SSSR count). The van der Waals surface area contributed by atoms with Crippen molar-refractivity contribution in [2.75, 3.05) is 7.11 Å². The Balaban J connectivity index is 2.32. The Bertz CT molecular complexity index is 929. The summed E-state index contributed by atoms with van der Waals surface area (Å²) >= 11 is 10.7. The van der Waals surface area contributed by atoms with Crippen LogP contribution in [0.4, 0.5) is 4.39 Å². The SMILES string of the molecule is COc1ccc2c(=S)n(-c3ccc(F)cc3)c(=S)oc2c1. The molecule has 1 heterocycles. The van der Waals surface area contributed by atoms with Crippen LogP contribution in [-0.4, -0.2) is 11.7 Å². The van der Waals surface area contributed by atoms with E-state index < -0.39 is 0 Å². The van der Waals surface area contributed by atoms with E-state index in [4.69, 9.17) is 33.6 Å². The van der Waals surface area contributed by atoms with Gasteiger partial charge in [-0.15, -0.1) is 0 Å². The van der Waals surface area contributed by atoms with Crippen LogP contribution in [0.5, 0.6) is 5.75 Å². The summed E-state index contributed by atoms with van der Waals surface area (Å²) in [6, 6.07) is 11.3. The zero-order valence-electron chi connectivity index (χ0n) is 11.0. The van der Waals surface area contributed by atoms with E-state index in [2.05, 4.69) is 0 Å². The Morgan fingerprint density at radius 2 is 1.81 bits per heavy atom. The maximum Gasteiger partial charge on any atom is 0.274 e. The van der Waals surface area contributed by atoms with Gasteiger partial charge in [0.05, 0.1) is 18.2 Å². The highest BCUT2D eigenvalue weighted by Gasteiger charge is 2.08. The van der Waals surface area contributed by atoms with Gasteiger partial charge in [-0.2, -0.15) is 0 Å². The third-order valence-electron chi connectivity index (χ3n) is 3.09. The van der Waals surface area contributed by atoms with Gasteiger partial charge in [0, 0.05) is 6.07 Å². The van der Waals surface area contributed by atoms with E-state index in [-0.39, 0.29) is 10.7 Å². The van der Waals surface area contributed by atoms with Gasteiger partial charge < -0.3 is 9.15 Å². The molecule has 21 heavy (non-hydrogen) atoms. The van der Waals surface area contributed by atoms with Gasteiger partial charge in [-0.25, -0.2) is 4.39 Å². The molecule has 0 N–H and O–H groups in total. The van der Waals surface area contributed by atoms with Crippen LogP contribution in [0.3, 0.4) is 0 Å². The number of aromatic nitrogens is 1. The lowest BCUT2D eigenvalue weighted by Crippen LogP contribution is -1.99. The highest BCUT2D eigenvalue weighted by atomic mass is 32.1. The molecular formula is C15H10FNO2S2. The molecule has 0 spiro atoms. The fourth-order valence-electron chi connectivity index (χ4n) is 2.05. The summed E-state index contributed by atoms with van der Waals surface area (Å²) in [6.45, 7) is 0. The van der Waals surface area contributed by atoms with Gasteiger partial charge in [0.2, 0.25) is 0 Å². The number of hydrogen-bond acceptors (Lipinski definition) is 4. The number of benzene rings is 2. The lowest BCUT2D eigenvalue weighted by molar-refractivity contribution is 0.414. The van der Waals surface area contributed by atoms with Crippen molar-refractivity contribution in [3.8, 4) is 11.4 Å². The monoisotopic (exact) mass is 319 g/mol. The average molecular weight is 319 g/mol. The van der Waals surface area contributed by atoms with Crippen LogP contribution in [0.2, 0.25) is 0 Å². The Hall–Kier alpha value is -2.05. The molecule has 0 atom stereocenters. The molecule has 0 aliphatic carbocycles. The van der Waals surface area contributed by atoms with Crippen LogP contribution < -0.4 is 4.74 Å². The van der Waals surface area contributed by atoms with Crippen molar-refractivity contribution >= 4 is 35.4 Å². The van der Waals surface area contributed by atoms with Gasteiger partial charge in [0.25, 0.3) is 4.84 Å². The molecule has 0 radical (unpaired) electrons. The Kier molecular flexibility index (Phi) is 3.57. The molecule has 0 aliphatic rings. The van der Waals surface area contributed by atoms with E-state index in [1.807, 2.05) is 6.07 Å².